The number of tetrazole rings is 1. The van der Waals surface area contributed by atoms with Gasteiger partial charge >= 0.3 is 5.97 Å². The smallest absolute Gasteiger partial charge is 0.305 e. The van der Waals surface area contributed by atoms with Crippen LogP contribution in [0.15, 0.2) is 30.3 Å². The first-order valence-corrected chi connectivity index (χ1v) is 6.90. The molecule has 1 atom stereocenters. The Hall–Kier alpha value is -2.24. The zero-order chi connectivity index (χ0) is 15.5. The molecule has 1 aromatic heterocycles. The topological polar surface area (TPSA) is 80.9 Å². The molecule has 0 bridgehead atoms. The van der Waals surface area contributed by atoms with E-state index >= 15 is 0 Å². The van der Waals surface area contributed by atoms with Crippen molar-refractivity contribution < 1.29 is 9.90 Å². The molecule has 1 unspecified atom stereocenters. The second-order valence-electron chi connectivity index (χ2n) is 6.18. The number of carboxylic acid groups (broad SMARTS) is 1. The monoisotopic (exact) mass is 288 g/mol. The zero-order valence-electron chi connectivity index (χ0n) is 12.5. The Morgan fingerprint density at radius 3 is 2.52 bits per heavy atom. The lowest BCUT2D eigenvalue weighted by Gasteiger charge is -2.29. The molecule has 0 aliphatic rings. The lowest BCUT2D eigenvalue weighted by atomic mass is 9.84. The van der Waals surface area contributed by atoms with Crippen LogP contribution in [0.3, 0.4) is 0 Å². The molecule has 112 valence electrons. The largest absolute Gasteiger partial charge is 0.481 e. The van der Waals surface area contributed by atoms with Crippen LogP contribution in [0.2, 0.25) is 0 Å². The van der Waals surface area contributed by atoms with Gasteiger partial charge in [-0.05, 0) is 21.4 Å². The number of hydrogen-bond donors (Lipinski definition) is 1. The molecule has 2 aromatic rings. The van der Waals surface area contributed by atoms with E-state index in [4.69, 9.17) is 5.11 Å². The minimum Gasteiger partial charge on any atom is -0.481 e. The van der Waals surface area contributed by atoms with Gasteiger partial charge in [0.25, 0.3) is 0 Å². The minimum absolute atomic E-state index is 0.00364. The van der Waals surface area contributed by atoms with E-state index in [2.05, 4.69) is 15.5 Å². The van der Waals surface area contributed by atoms with Gasteiger partial charge in [0.2, 0.25) is 0 Å². The van der Waals surface area contributed by atoms with Crippen LogP contribution in [0.1, 0.15) is 44.6 Å². The standard InChI is InChI=1S/C15H20N4O2/c1-15(2,3)12(10-14(20)21)19-13(16-17-18-19)9-11-7-5-4-6-8-11/h4-8,12H,9-10H2,1-3H3,(H,20,21). The SMILES string of the molecule is CC(C)(C)C(CC(=O)O)n1nnnc1Cc1ccccc1. The number of aromatic nitrogens is 4. The van der Waals surface area contributed by atoms with Crippen molar-refractivity contribution in [1.82, 2.24) is 20.2 Å². The van der Waals surface area contributed by atoms with Gasteiger partial charge in [0.05, 0.1) is 12.5 Å². The summed E-state index contributed by atoms with van der Waals surface area (Å²) in [6.07, 6.45) is 0.580. The van der Waals surface area contributed by atoms with Crippen LogP contribution in [-0.4, -0.2) is 31.3 Å². The van der Waals surface area contributed by atoms with Crippen molar-refractivity contribution in [2.24, 2.45) is 5.41 Å². The summed E-state index contributed by atoms with van der Waals surface area (Å²) in [4.78, 5) is 11.1. The molecule has 2 rings (SSSR count). The van der Waals surface area contributed by atoms with Crippen molar-refractivity contribution in [3.8, 4) is 0 Å². The molecule has 0 fully saturated rings. The molecule has 21 heavy (non-hydrogen) atoms. The number of carbonyl (C=O) groups is 1. The number of aliphatic carboxylic acids is 1. The highest BCUT2D eigenvalue weighted by Gasteiger charge is 2.31. The first-order chi connectivity index (χ1) is 9.88. The molecule has 1 aromatic carbocycles. The Labute approximate surface area is 123 Å². The number of rotatable bonds is 5. The highest BCUT2D eigenvalue weighted by Crippen LogP contribution is 2.33. The molecular weight excluding hydrogens is 268 g/mol. The van der Waals surface area contributed by atoms with E-state index in [0.717, 1.165) is 5.56 Å². The van der Waals surface area contributed by atoms with Gasteiger partial charge in [0.15, 0.2) is 5.82 Å². The molecule has 1 heterocycles. The first kappa shape index (κ1) is 15.2. The molecular formula is C15H20N4O2. The molecule has 0 spiro atoms. The van der Waals surface area contributed by atoms with Crippen LogP contribution >= 0.6 is 0 Å². The van der Waals surface area contributed by atoms with Crippen LogP contribution in [0.5, 0.6) is 0 Å². The van der Waals surface area contributed by atoms with Crippen LogP contribution in [-0.2, 0) is 11.2 Å². The van der Waals surface area contributed by atoms with E-state index in [0.29, 0.717) is 12.2 Å². The summed E-state index contributed by atoms with van der Waals surface area (Å²) in [6.45, 7) is 5.98. The Morgan fingerprint density at radius 1 is 1.29 bits per heavy atom. The fourth-order valence-electron chi connectivity index (χ4n) is 2.27. The lowest BCUT2D eigenvalue weighted by molar-refractivity contribution is -0.138. The fourth-order valence-corrected chi connectivity index (χ4v) is 2.27. The zero-order valence-corrected chi connectivity index (χ0v) is 12.5. The van der Waals surface area contributed by atoms with E-state index in [9.17, 15) is 4.79 Å². The quantitative estimate of drug-likeness (QED) is 0.913. The van der Waals surface area contributed by atoms with Gasteiger partial charge in [-0.1, -0.05) is 51.1 Å². The average molecular weight is 288 g/mol. The molecule has 0 aliphatic heterocycles. The average Bonchev–Trinajstić information content (AvgIpc) is 2.83. The second kappa shape index (κ2) is 6.03. The molecule has 6 heteroatoms. The van der Waals surface area contributed by atoms with E-state index in [1.54, 1.807) is 4.68 Å². The van der Waals surface area contributed by atoms with Gasteiger partial charge in [0, 0.05) is 6.42 Å². The van der Waals surface area contributed by atoms with Crippen molar-refractivity contribution in [2.45, 2.75) is 39.7 Å². The maximum Gasteiger partial charge on any atom is 0.305 e. The van der Waals surface area contributed by atoms with Gasteiger partial charge in [-0.3, -0.25) is 4.79 Å². The second-order valence-corrected chi connectivity index (χ2v) is 6.18. The minimum atomic E-state index is -0.851. The summed E-state index contributed by atoms with van der Waals surface area (Å²) < 4.78 is 1.65. The highest BCUT2D eigenvalue weighted by molar-refractivity contribution is 5.67. The molecule has 1 N–H and O–H groups in total. The Bertz CT molecular complexity index is 602. The molecule has 6 nitrogen and oxygen atoms in total. The molecule has 0 saturated carbocycles. The molecule has 0 saturated heterocycles. The molecule has 0 amide bonds. The van der Waals surface area contributed by atoms with Crippen molar-refractivity contribution in [3.05, 3.63) is 41.7 Å². The van der Waals surface area contributed by atoms with E-state index in [-0.39, 0.29) is 17.9 Å². The summed E-state index contributed by atoms with van der Waals surface area (Å²) >= 11 is 0. The third-order valence-corrected chi connectivity index (χ3v) is 3.43. The van der Waals surface area contributed by atoms with Gasteiger partial charge in [-0.25, -0.2) is 4.68 Å². The predicted octanol–water partition coefficient (Wildman–Crippen LogP) is 2.33. The van der Waals surface area contributed by atoms with Gasteiger partial charge < -0.3 is 5.11 Å². The van der Waals surface area contributed by atoms with Crippen LogP contribution in [0.4, 0.5) is 0 Å². The Morgan fingerprint density at radius 2 is 1.95 bits per heavy atom. The van der Waals surface area contributed by atoms with Crippen molar-refractivity contribution in [3.63, 3.8) is 0 Å². The van der Waals surface area contributed by atoms with Crippen LogP contribution in [0, 0.1) is 5.41 Å². The summed E-state index contributed by atoms with van der Waals surface area (Å²) in [5, 5.41) is 21.0. The highest BCUT2D eigenvalue weighted by atomic mass is 16.4. The first-order valence-electron chi connectivity index (χ1n) is 6.90. The van der Waals surface area contributed by atoms with E-state index in [1.165, 1.54) is 0 Å². The van der Waals surface area contributed by atoms with Crippen molar-refractivity contribution in [2.75, 3.05) is 0 Å². The summed E-state index contributed by atoms with van der Waals surface area (Å²) in [7, 11) is 0. The van der Waals surface area contributed by atoms with E-state index in [1.807, 2.05) is 51.1 Å². The van der Waals surface area contributed by atoms with Crippen LogP contribution < -0.4 is 0 Å². The Kier molecular flexibility index (Phi) is 4.35. The maximum absolute atomic E-state index is 11.1. The fraction of sp³-hybridized carbons (Fsp3) is 0.467. The summed E-state index contributed by atoms with van der Waals surface area (Å²) in [5.74, 6) is -0.168. The number of nitrogens with zero attached hydrogens (tertiary/aromatic N) is 4. The molecule has 0 radical (unpaired) electrons. The molecule has 0 aliphatic carbocycles. The number of carboxylic acids is 1. The van der Waals surface area contributed by atoms with Gasteiger partial charge in [0.1, 0.15) is 0 Å². The van der Waals surface area contributed by atoms with Crippen LogP contribution in [0.25, 0.3) is 0 Å². The van der Waals surface area contributed by atoms with Gasteiger partial charge in [-0.15, -0.1) is 5.10 Å². The summed E-state index contributed by atoms with van der Waals surface area (Å²) in [5.41, 5.74) is 0.843. The lowest BCUT2D eigenvalue weighted by Crippen LogP contribution is -2.29. The van der Waals surface area contributed by atoms with Crippen molar-refractivity contribution >= 4 is 5.97 Å². The third-order valence-electron chi connectivity index (χ3n) is 3.43. The van der Waals surface area contributed by atoms with Gasteiger partial charge in [-0.2, -0.15) is 0 Å². The maximum atomic E-state index is 11.1. The number of hydrogen-bond acceptors (Lipinski definition) is 4. The Balaban J connectivity index is 2.30. The van der Waals surface area contributed by atoms with E-state index < -0.39 is 5.97 Å². The third kappa shape index (κ3) is 3.87. The predicted molar refractivity (Wildman–Crippen MR) is 77.8 cm³/mol. The number of benzene rings is 1. The van der Waals surface area contributed by atoms with Crippen molar-refractivity contribution in [1.29, 1.82) is 0 Å². The summed E-state index contributed by atoms with van der Waals surface area (Å²) in [6, 6.07) is 9.59. The normalized spacial score (nSPS) is 13.1.